The zero-order valence-electron chi connectivity index (χ0n) is 9.65. The summed E-state index contributed by atoms with van der Waals surface area (Å²) in [5.41, 5.74) is 2.26. The Kier molecular flexibility index (Phi) is 3.28. The Morgan fingerprint density at radius 2 is 2.00 bits per heavy atom. The average molecular weight is 218 g/mol. The van der Waals surface area contributed by atoms with Crippen molar-refractivity contribution < 1.29 is 9.90 Å². The second-order valence-corrected chi connectivity index (χ2v) is 4.93. The number of hydrogen-bond acceptors (Lipinski definition) is 1. The molecule has 0 heterocycles. The van der Waals surface area contributed by atoms with Crippen LogP contribution in [-0.4, -0.2) is 11.1 Å². The first-order valence-electron chi connectivity index (χ1n) is 5.96. The molecular formula is C14H18O2. The van der Waals surface area contributed by atoms with Gasteiger partial charge >= 0.3 is 5.97 Å². The van der Waals surface area contributed by atoms with Gasteiger partial charge in [-0.2, -0.15) is 0 Å². The molecule has 0 radical (unpaired) electrons. The summed E-state index contributed by atoms with van der Waals surface area (Å²) in [7, 11) is 0. The van der Waals surface area contributed by atoms with E-state index in [1.807, 2.05) is 12.1 Å². The summed E-state index contributed by atoms with van der Waals surface area (Å²) in [4.78, 5) is 10.6. The first-order valence-corrected chi connectivity index (χ1v) is 5.96. The van der Waals surface area contributed by atoms with Crippen molar-refractivity contribution >= 4 is 5.97 Å². The van der Waals surface area contributed by atoms with Crippen LogP contribution in [0.25, 0.3) is 0 Å². The highest BCUT2D eigenvalue weighted by atomic mass is 16.4. The summed E-state index contributed by atoms with van der Waals surface area (Å²) in [5, 5.41) is 8.68. The molecule has 0 amide bonds. The van der Waals surface area contributed by atoms with E-state index >= 15 is 0 Å². The zero-order chi connectivity index (χ0) is 11.5. The van der Waals surface area contributed by atoms with Gasteiger partial charge in [0, 0.05) is 0 Å². The van der Waals surface area contributed by atoms with Crippen molar-refractivity contribution in [1.29, 1.82) is 0 Å². The molecule has 0 spiro atoms. The Bertz CT molecular complexity index is 367. The van der Waals surface area contributed by atoms with Gasteiger partial charge in [-0.3, -0.25) is 4.79 Å². The van der Waals surface area contributed by atoms with E-state index in [9.17, 15) is 4.79 Å². The molecule has 1 unspecified atom stereocenters. The quantitative estimate of drug-likeness (QED) is 0.845. The average Bonchev–Trinajstić information content (AvgIpc) is 2.65. The van der Waals surface area contributed by atoms with Crippen molar-refractivity contribution in [3.8, 4) is 0 Å². The lowest BCUT2D eigenvalue weighted by atomic mass is 9.95. The number of benzene rings is 1. The van der Waals surface area contributed by atoms with Crippen LogP contribution in [-0.2, 0) is 11.2 Å². The van der Waals surface area contributed by atoms with Gasteiger partial charge in [0.15, 0.2) is 0 Å². The Hall–Kier alpha value is -1.31. The molecule has 1 aromatic rings. The third kappa shape index (κ3) is 2.63. The summed E-state index contributed by atoms with van der Waals surface area (Å²) in [6.45, 7) is 2.30. The van der Waals surface area contributed by atoms with Gasteiger partial charge in [0.1, 0.15) is 0 Å². The standard InChI is InChI=1S/C14H18O2/c1-10-2-5-13(8-10)12-6-3-11(4-7-12)9-14(15)16/h3-4,6-7,10,13H,2,5,8-9H2,1H3,(H,15,16)/t10?,13-/m1/s1. The SMILES string of the molecule is CC1CC[C@@H](c2ccc(CC(=O)O)cc2)C1. The minimum Gasteiger partial charge on any atom is -0.481 e. The van der Waals surface area contributed by atoms with Gasteiger partial charge in [-0.15, -0.1) is 0 Å². The highest BCUT2D eigenvalue weighted by molar-refractivity contribution is 5.70. The van der Waals surface area contributed by atoms with Crippen molar-refractivity contribution in [1.82, 2.24) is 0 Å². The maximum absolute atomic E-state index is 10.6. The molecule has 2 atom stereocenters. The van der Waals surface area contributed by atoms with Crippen LogP contribution in [0.3, 0.4) is 0 Å². The molecule has 1 aliphatic carbocycles. The number of carboxylic acids is 1. The molecule has 1 saturated carbocycles. The summed E-state index contributed by atoms with van der Waals surface area (Å²) in [6.07, 6.45) is 4.00. The molecule has 2 heteroatoms. The highest BCUT2D eigenvalue weighted by Gasteiger charge is 2.22. The maximum Gasteiger partial charge on any atom is 0.307 e. The monoisotopic (exact) mass is 218 g/mol. The fourth-order valence-corrected chi connectivity index (χ4v) is 2.59. The summed E-state index contributed by atoms with van der Waals surface area (Å²) in [5.74, 6) is 0.764. The van der Waals surface area contributed by atoms with E-state index in [0.717, 1.165) is 11.5 Å². The van der Waals surface area contributed by atoms with E-state index in [4.69, 9.17) is 5.11 Å². The van der Waals surface area contributed by atoms with Crippen LogP contribution in [0, 0.1) is 5.92 Å². The molecule has 0 aliphatic heterocycles. The van der Waals surface area contributed by atoms with Crippen molar-refractivity contribution in [3.63, 3.8) is 0 Å². The fourth-order valence-electron chi connectivity index (χ4n) is 2.59. The van der Waals surface area contributed by atoms with Gasteiger partial charge in [0.05, 0.1) is 6.42 Å². The highest BCUT2D eigenvalue weighted by Crippen LogP contribution is 2.37. The van der Waals surface area contributed by atoms with Crippen molar-refractivity contribution in [2.45, 2.75) is 38.5 Å². The Morgan fingerprint density at radius 3 is 2.50 bits per heavy atom. The Balaban J connectivity index is 2.04. The minimum atomic E-state index is -0.762. The van der Waals surface area contributed by atoms with E-state index < -0.39 is 5.97 Å². The normalized spacial score (nSPS) is 24.6. The van der Waals surface area contributed by atoms with Gasteiger partial charge in [-0.25, -0.2) is 0 Å². The fraction of sp³-hybridized carbons (Fsp3) is 0.500. The lowest BCUT2D eigenvalue weighted by molar-refractivity contribution is -0.136. The predicted octanol–water partition coefficient (Wildman–Crippen LogP) is 3.22. The number of hydrogen-bond donors (Lipinski definition) is 1. The molecule has 0 aromatic heterocycles. The minimum absolute atomic E-state index is 0.126. The molecule has 0 saturated heterocycles. The second kappa shape index (κ2) is 4.69. The van der Waals surface area contributed by atoms with E-state index in [-0.39, 0.29) is 6.42 Å². The number of carbonyl (C=O) groups is 1. The van der Waals surface area contributed by atoms with E-state index in [1.165, 1.54) is 24.8 Å². The molecule has 1 aromatic carbocycles. The molecule has 86 valence electrons. The van der Waals surface area contributed by atoms with E-state index in [1.54, 1.807) is 0 Å². The lowest BCUT2D eigenvalue weighted by Gasteiger charge is -2.10. The van der Waals surface area contributed by atoms with E-state index in [2.05, 4.69) is 19.1 Å². The van der Waals surface area contributed by atoms with Gasteiger partial charge in [0.25, 0.3) is 0 Å². The second-order valence-electron chi connectivity index (χ2n) is 4.93. The molecule has 1 aliphatic rings. The van der Waals surface area contributed by atoms with Crippen LogP contribution >= 0.6 is 0 Å². The molecule has 16 heavy (non-hydrogen) atoms. The number of carboxylic acid groups (broad SMARTS) is 1. The molecule has 2 rings (SSSR count). The van der Waals surface area contributed by atoms with Crippen molar-refractivity contribution in [3.05, 3.63) is 35.4 Å². The first-order chi connectivity index (χ1) is 7.65. The summed E-state index contributed by atoms with van der Waals surface area (Å²) >= 11 is 0. The van der Waals surface area contributed by atoms with Crippen LogP contribution < -0.4 is 0 Å². The number of aliphatic carboxylic acids is 1. The van der Waals surface area contributed by atoms with Crippen molar-refractivity contribution in [2.24, 2.45) is 5.92 Å². The van der Waals surface area contributed by atoms with Crippen LogP contribution in [0.15, 0.2) is 24.3 Å². The van der Waals surface area contributed by atoms with Gasteiger partial charge in [-0.1, -0.05) is 37.6 Å². The van der Waals surface area contributed by atoms with Crippen LogP contribution in [0.2, 0.25) is 0 Å². The molecule has 1 N–H and O–H groups in total. The number of rotatable bonds is 3. The van der Waals surface area contributed by atoms with Crippen LogP contribution in [0.4, 0.5) is 0 Å². The van der Waals surface area contributed by atoms with Gasteiger partial charge < -0.3 is 5.11 Å². The summed E-state index contributed by atoms with van der Waals surface area (Å²) in [6, 6.07) is 8.10. The lowest BCUT2D eigenvalue weighted by Crippen LogP contribution is -2.00. The molecule has 2 nitrogen and oxygen atoms in total. The first kappa shape index (κ1) is 11.2. The molecular weight excluding hydrogens is 200 g/mol. The maximum atomic E-state index is 10.6. The molecule has 0 bridgehead atoms. The Morgan fingerprint density at radius 1 is 1.31 bits per heavy atom. The predicted molar refractivity (Wildman–Crippen MR) is 63.5 cm³/mol. The largest absolute Gasteiger partial charge is 0.481 e. The third-order valence-corrected chi connectivity index (χ3v) is 3.50. The van der Waals surface area contributed by atoms with Crippen LogP contribution in [0.1, 0.15) is 43.2 Å². The zero-order valence-corrected chi connectivity index (χ0v) is 9.65. The van der Waals surface area contributed by atoms with Crippen molar-refractivity contribution in [2.75, 3.05) is 0 Å². The smallest absolute Gasteiger partial charge is 0.307 e. The summed E-state index contributed by atoms with van der Waals surface area (Å²) < 4.78 is 0. The third-order valence-electron chi connectivity index (χ3n) is 3.50. The Labute approximate surface area is 96.3 Å². The van der Waals surface area contributed by atoms with E-state index in [0.29, 0.717) is 5.92 Å². The topological polar surface area (TPSA) is 37.3 Å². The van der Waals surface area contributed by atoms with Gasteiger partial charge in [0.2, 0.25) is 0 Å². The van der Waals surface area contributed by atoms with Crippen LogP contribution in [0.5, 0.6) is 0 Å². The van der Waals surface area contributed by atoms with Gasteiger partial charge in [-0.05, 0) is 35.8 Å². The molecule has 1 fully saturated rings.